The van der Waals surface area contributed by atoms with Crippen LogP contribution >= 0.6 is 0 Å². The predicted octanol–water partition coefficient (Wildman–Crippen LogP) is 1.90. The molecule has 1 atom stereocenters. The smallest absolute Gasteiger partial charge is 0.310 e. The van der Waals surface area contributed by atoms with Crippen LogP contribution in [-0.2, 0) is 31.9 Å². The molecule has 1 aromatic carbocycles. The number of hydrogen-bond acceptors (Lipinski definition) is 7. The van der Waals surface area contributed by atoms with Crippen molar-refractivity contribution in [1.29, 1.82) is 0 Å². The standard InChI is InChI=1S/C35H50N4O6.ClH/c1-9-27-21(2)38(30-18-35(4,5)19-31(41)33(27)30)24-12-15-28(34(36)43)29(16-24)37-23-10-13-25(14-11-23)45-32(42)17-26(44-22(3)40)20-39(6,7)8;/h12,15-16,23,25-26H,9-11,13-14,17-20H2,1-8H3,(H2-,36,37,43);1H/t23-,25-,26?;. The molecular formula is C35H51ClN4O6. The molecule has 0 spiro atoms. The average molecular weight is 659 g/mol. The summed E-state index contributed by atoms with van der Waals surface area (Å²) in [6.45, 7) is 10.3. The average Bonchev–Trinajstić information content (AvgIpc) is 3.18. The number of fused-ring (bicyclic) bond motifs is 1. The topological polar surface area (TPSA) is 130 Å². The van der Waals surface area contributed by atoms with E-state index < -0.39 is 18.0 Å². The molecule has 0 saturated heterocycles. The molecule has 3 N–H and O–H groups in total. The first-order chi connectivity index (χ1) is 21.0. The molecule has 254 valence electrons. The van der Waals surface area contributed by atoms with Gasteiger partial charge in [0.1, 0.15) is 12.6 Å². The predicted molar refractivity (Wildman–Crippen MR) is 174 cm³/mol. The number of nitrogens with one attached hydrogen (secondary N) is 1. The van der Waals surface area contributed by atoms with Gasteiger partial charge in [0.25, 0.3) is 5.91 Å². The number of carbonyl (C=O) groups is 4. The summed E-state index contributed by atoms with van der Waals surface area (Å²) in [7, 11) is 5.94. The van der Waals surface area contributed by atoms with Crippen LogP contribution in [0.3, 0.4) is 0 Å². The van der Waals surface area contributed by atoms with E-state index in [0.717, 1.165) is 53.9 Å². The molecule has 46 heavy (non-hydrogen) atoms. The fourth-order valence-electron chi connectivity index (χ4n) is 7.08. The molecule has 2 aliphatic carbocycles. The number of quaternary nitrogens is 1. The number of amides is 1. The molecule has 0 aliphatic heterocycles. The maximum atomic E-state index is 13.3. The number of hydrogen-bond donors (Lipinski definition) is 2. The fraction of sp³-hybridized carbons (Fsp3) is 0.600. The summed E-state index contributed by atoms with van der Waals surface area (Å²) in [5, 5.41) is 3.56. The number of primary amides is 1. The molecule has 10 nitrogen and oxygen atoms in total. The van der Waals surface area contributed by atoms with Gasteiger partial charge in [-0.25, -0.2) is 0 Å². The summed E-state index contributed by atoms with van der Waals surface area (Å²) >= 11 is 0. The van der Waals surface area contributed by atoms with Gasteiger partial charge in [0.05, 0.1) is 33.1 Å². The van der Waals surface area contributed by atoms with Crippen molar-refractivity contribution >= 4 is 29.3 Å². The Kier molecular flexibility index (Phi) is 11.8. The molecule has 11 heteroatoms. The van der Waals surface area contributed by atoms with Crippen molar-refractivity contribution in [2.24, 2.45) is 11.1 Å². The second-order valence-corrected chi connectivity index (χ2v) is 14.6. The van der Waals surface area contributed by atoms with E-state index in [0.29, 0.717) is 41.5 Å². The van der Waals surface area contributed by atoms with Crippen LogP contribution < -0.4 is 23.5 Å². The van der Waals surface area contributed by atoms with E-state index in [-0.39, 0.29) is 48.1 Å². The van der Waals surface area contributed by atoms with Gasteiger partial charge in [-0.2, -0.15) is 0 Å². The van der Waals surface area contributed by atoms with Crippen LogP contribution in [0.15, 0.2) is 18.2 Å². The van der Waals surface area contributed by atoms with Gasteiger partial charge >= 0.3 is 11.9 Å². The number of esters is 2. The fourth-order valence-corrected chi connectivity index (χ4v) is 7.08. The number of halogens is 1. The highest BCUT2D eigenvalue weighted by molar-refractivity contribution is 6.01. The SMILES string of the molecule is CCc1c2c(n(-c3ccc(C(N)=O)c(N[C@H]4CC[C@H](OC(=O)CC(C[N+](C)(C)C)OC(C)=O)CC4)c3)c1C)CC(C)(C)CC2=O.[Cl-]. The van der Waals surface area contributed by atoms with Crippen LogP contribution in [0.5, 0.6) is 0 Å². The van der Waals surface area contributed by atoms with Crippen LogP contribution in [0, 0.1) is 12.3 Å². The number of carbonyl (C=O) groups excluding carboxylic acids is 4. The maximum Gasteiger partial charge on any atom is 0.310 e. The van der Waals surface area contributed by atoms with Crippen molar-refractivity contribution in [3.05, 3.63) is 46.3 Å². The Hall–Kier alpha value is -3.37. The van der Waals surface area contributed by atoms with Gasteiger partial charge in [0, 0.05) is 47.7 Å². The highest BCUT2D eigenvalue weighted by atomic mass is 35.5. The number of Topliss-reactive ketones (excluding diaryl/α,β-unsaturated/α-hetero) is 1. The van der Waals surface area contributed by atoms with Gasteiger partial charge < -0.3 is 42.0 Å². The number of rotatable bonds is 11. The van der Waals surface area contributed by atoms with Gasteiger partial charge in [-0.05, 0) is 74.6 Å². The zero-order valence-electron chi connectivity index (χ0n) is 28.6. The van der Waals surface area contributed by atoms with Crippen molar-refractivity contribution in [3.63, 3.8) is 0 Å². The Bertz CT molecular complexity index is 1470. The minimum absolute atomic E-state index is 0. The molecule has 2 aromatic rings. The zero-order valence-corrected chi connectivity index (χ0v) is 29.4. The summed E-state index contributed by atoms with van der Waals surface area (Å²) < 4.78 is 13.9. The molecule has 1 amide bonds. The van der Waals surface area contributed by atoms with E-state index in [1.165, 1.54) is 6.92 Å². The summed E-state index contributed by atoms with van der Waals surface area (Å²) in [5.74, 6) is -1.10. The minimum Gasteiger partial charge on any atom is -1.00 e. The largest absolute Gasteiger partial charge is 1.00 e. The van der Waals surface area contributed by atoms with Crippen molar-refractivity contribution in [1.82, 2.24) is 4.57 Å². The lowest BCUT2D eigenvalue weighted by Gasteiger charge is -2.31. The first kappa shape index (κ1) is 37.1. The van der Waals surface area contributed by atoms with Gasteiger partial charge in [-0.1, -0.05) is 20.8 Å². The summed E-state index contributed by atoms with van der Waals surface area (Å²) in [6, 6.07) is 5.69. The monoisotopic (exact) mass is 658 g/mol. The minimum atomic E-state index is -0.542. The molecule has 1 unspecified atom stereocenters. The number of ketones is 1. The first-order valence-electron chi connectivity index (χ1n) is 16.1. The zero-order chi connectivity index (χ0) is 33.3. The quantitative estimate of drug-likeness (QED) is 0.279. The maximum absolute atomic E-state index is 13.3. The number of ether oxygens (including phenoxy) is 2. The summed E-state index contributed by atoms with van der Waals surface area (Å²) in [5.41, 5.74) is 11.6. The Labute approximate surface area is 279 Å². The lowest BCUT2D eigenvalue weighted by molar-refractivity contribution is -0.873. The van der Waals surface area contributed by atoms with Crippen molar-refractivity contribution in [2.75, 3.05) is 33.0 Å². The van der Waals surface area contributed by atoms with Gasteiger partial charge in [-0.15, -0.1) is 0 Å². The van der Waals surface area contributed by atoms with Crippen molar-refractivity contribution in [3.8, 4) is 5.69 Å². The number of anilines is 1. The molecule has 1 aromatic heterocycles. The van der Waals surface area contributed by atoms with E-state index in [4.69, 9.17) is 15.2 Å². The first-order valence-corrected chi connectivity index (χ1v) is 16.1. The molecular weight excluding hydrogens is 608 g/mol. The Morgan fingerprint density at radius 3 is 2.33 bits per heavy atom. The normalized spacial score (nSPS) is 19.8. The van der Waals surface area contributed by atoms with Crippen LogP contribution in [0.2, 0.25) is 0 Å². The highest BCUT2D eigenvalue weighted by Crippen LogP contribution is 2.40. The lowest BCUT2D eigenvalue weighted by atomic mass is 9.75. The van der Waals surface area contributed by atoms with Crippen LogP contribution in [0.1, 0.15) is 104 Å². The molecule has 2 aliphatic rings. The Morgan fingerprint density at radius 2 is 1.76 bits per heavy atom. The molecule has 1 heterocycles. The van der Waals surface area contributed by atoms with E-state index >= 15 is 0 Å². The second kappa shape index (κ2) is 14.6. The van der Waals surface area contributed by atoms with E-state index in [2.05, 4.69) is 37.6 Å². The highest BCUT2D eigenvalue weighted by Gasteiger charge is 2.37. The number of nitrogens with zero attached hydrogens (tertiary/aromatic N) is 2. The third-order valence-corrected chi connectivity index (χ3v) is 8.89. The Morgan fingerprint density at radius 1 is 1.11 bits per heavy atom. The number of aromatic nitrogens is 1. The van der Waals surface area contributed by atoms with E-state index in [9.17, 15) is 19.2 Å². The lowest BCUT2D eigenvalue weighted by Crippen LogP contribution is -3.00. The molecule has 1 fully saturated rings. The molecule has 0 bridgehead atoms. The van der Waals surface area contributed by atoms with Crippen LogP contribution in [0.25, 0.3) is 5.69 Å². The van der Waals surface area contributed by atoms with Crippen molar-refractivity contribution in [2.45, 2.75) is 104 Å². The van der Waals surface area contributed by atoms with Crippen molar-refractivity contribution < 1.29 is 45.5 Å². The summed E-state index contributed by atoms with van der Waals surface area (Å²) in [4.78, 5) is 50.0. The number of benzene rings is 1. The third-order valence-electron chi connectivity index (χ3n) is 8.89. The molecule has 4 rings (SSSR count). The van der Waals surface area contributed by atoms with E-state index in [1.807, 2.05) is 33.3 Å². The number of nitrogens with two attached hydrogens (primary N) is 1. The summed E-state index contributed by atoms with van der Waals surface area (Å²) in [6.07, 6.45) is 4.18. The van der Waals surface area contributed by atoms with Crippen LogP contribution in [-0.4, -0.2) is 78.6 Å². The molecule has 1 saturated carbocycles. The number of likely N-dealkylation sites (N-methyl/N-ethyl adjacent to an activating group) is 1. The van der Waals surface area contributed by atoms with Gasteiger partial charge in [0.2, 0.25) is 0 Å². The Balaban J connectivity index is 0.00000576. The van der Waals surface area contributed by atoms with Gasteiger partial charge in [0.15, 0.2) is 11.9 Å². The van der Waals surface area contributed by atoms with Crippen LogP contribution in [0.4, 0.5) is 5.69 Å². The van der Waals surface area contributed by atoms with E-state index in [1.54, 1.807) is 6.07 Å². The molecule has 0 radical (unpaired) electrons. The van der Waals surface area contributed by atoms with Gasteiger partial charge in [-0.3, -0.25) is 19.2 Å². The second-order valence-electron chi connectivity index (χ2n) is 14.6. The third kappa shape index (κ3) is 8.91.